The third-order valence-corrected chi connectivity index (χ3v) is 5.33. The molecule has 120 valence electrons. The highest BCUT2D eigenvalue weighted by Gasteiger charge is 2.33. The maximum Gasteiger partial charge on any atom is 0.0897 e. The van der Waals surface area contributed by atoms with E-state index in [0.717, 1.165) is 13.1 Å². The highest BCUT2D eigenvalue weighted by Crippen LogP contribution is 2.36. The van der Waals surface area contributed by atoms with Gasteiger partial charge >= 0.3 is 0 Å². The Balaban J connectivity index is 1.93. The molecule has 0 bridgehead atoms. The quantitative estimate of drug-likeness (QED) is 0.829. The number of aryl methyl sites for hydroxylation is 1. The number of nitrogens with zero attached hydrogens (tertiary/aromatic N) is 2. The topological polar surface area (TPSA) is 28.2 Å². The standard InChI is InChI=1S/C17H31N3S/c1-14(2)18-12-17(8-6-5-7-9-17)13-20(4)10-16-11-21-15(3)19-16/h11,14,18H,5-10,12-13H2,1-4H3. The van der Waals surface area contributed by atoms with Crippen molar-refractivity contribution in [2.24, 2.45) is 5.41 Å². The summed E-state index contributed by atoms with van der Waals surface area (Å²) in [6.07, 6.45) is 6.94. The van der Waals surface area contributed by atoms with Gasteiger partial charge in [0.05, 0.1) is 10.7 Å². The minimum Gasteiger partial charge on any atom is -0.314 e. The minimum absolute atomic E-state index is 0.461. The van der Waals surface area contributed by atoms with Gasteiger partial charge in [-0.15, -0.1) is 11.3 Å². The number of nitrogens with one attached hydrogen (secondary N) is 1. The number of thiazole rings is 1. The number of hydrogen-bond acceptors (Lipinski definition) is 4. The van der Waals surface area contributed by atoms with Crippen LogP contribution in [0.3, 0.4) is 0 Å². The molecule has 1 aliphatic rings. The minimum atomic E-state index is 0.461. The second-order valence-electron chi connectivity index (χ2n) is 7.13. The molecule has 1 aliphatic carbocycles. The van der Waals surface area contributed by atoms with Crippen molar-refractivity contribution < 1.29 is 0 Å². The van der Waals surface area contributed by atoms with Gasteiger partial charge in [-0.05, 0) is 32.2 Å². The lowest BCUT2D eigenvalue weighted by Gasteiger charge is -2.41. The number of aromatic nitrogens is 1. The van der Waals surface area contributed by atoms with Gasteiger partial charge in [-0.25, -0.2) is 4.98 Å². The van der Waals surface area contributed by atoms with Gasteiger partial charge in [-0.2, -0.15) is 0 Å². The van der Waals surface area contributed by atoms with E-state index in [2.05, 4.69) is 48.4 Å². The summed E-state index contributed by atoms with van der Waals surface area (Å²) in [4.78, 5) is 7.08. The van der Waals surface area contributed by atoms with Gasteiger partial charge in [-0.3, -0.25) is 4.90 Å². The molecule has 0 aliphatic heterocycles. The molecule has 0 unspecified atom stereocenters. The van der Waals surface area contributed by atoms with Crippen LogP contribution in [0.15, 0.2) is 5.38 Å². The lowest BCUT2D eigenvalue weighted by Crippen LogP contribution is -2.45. The van der Waals surface area contributed by atoms with Crippen molar-refractivity contribution in [2.45, 2.75) is 65.5 Å². The van der Waals surface area contributed by atoms with E-state index in [1.807, 2.05) is 0 Å². The summed E-state index contributed by atoms with van der Waals surface area (Å²) in [5.41, 5.74) is 1.69. The average Bonchev–Trinajstić information content (AvgIpc) is 2.83. The predicted molar refractivity (Wildman–Crippen MR) is 91.8 cm³/mol. The fourth-order valence-corrected chi connectivity index (χ4v) is 4.10. The van der Waals surface area contributed by atoms with E-state index < -0.39 is 0 Å². The zero-order valence-electron chi connectivity index (χ0n) is 14.1. The van der Waals surface area contributed by atoms with Crippen LogP contribution >= 0.6 is 11.3 Å². The summed E-state index contributed by atoms with van der Waals surface area (Å²) in [6, 6.07) is 0.579. The van der Waals surface area contributed by atoms with Crippen LogP contribution in [0.4, 0.5) is 0 Å². The molecule has 3 nitrogen and oxygen atoms in total. The summed E-state index contributed by atoms with van der Waals surface area (Å²) < 4.78 is 0. The molecule has 0 aromatic carbocycles. The third kappa shape index (κ3) is 5.35. The maximum absolute atomic E-state index is 4.60. The second-order valence-corrected chi connectivity index (χ2v) is 8.19. The average molecular weight is 310 g/mol. The predicted octanol–water partition coefficient (Wildman–Crippen LogP) is 3.83. The zero-order chi connectivity index (χ0) is 15.3. The van der Waals surface area contributed by atoms with E-state index in [-0.39, 0.29) is 0 Å². The molecule has 1 N–H and O–H groups in total. The molecule has 1 heterocycles. The van der Waals surface area contributed by atoms with Crippen molar-refractivity contribution in [3.8, 4) is 0 Å². The fraction of sp³-hybridized carbons (Fsp3) is 0.824. The first kappa shape index (κ1) is 16.9. The molecule has 1 fully saturated rings. The van der Waals surface area contributed by atoms with E-state index in [9.17, 15) is 0 Å². The van der Waals surface area contributed by atoms with Crippen molar-refractivity contribution in [1.82, 2.24) is 15.2 Å². The Labute approximate surface area is 134 Å². The number of hydrogen-bond donors (Lipinski definition) is 1. The van der Waals surface area contributed by atoms with E-state index in [1.54, 1.807) is 11.3 Å². The van der Waals surface area contributed by atoms with Gasteiger partial charge in [0.2, 0.25) is 0 Å². The van der Waals surface area contributed by atoms with Crippen LogP contribution in [0.5, 0.6) is 0 Å². The molecule has 0 radical (unpaired) electrons. The summed E-state index contributed by atoms with van der Waals surface area (Å²) >= 11 is 1.76. The molecule has 1 aromatic heterocycles. The van der Waals surface area contributed by atoms with Crippen molar-refractivity contribution >= 4 is 11.3 Å². The van der Waals surface area contributed by atoms with Crippen LogP contribution in [-0.4, -0.2) is 36.1 Å². The van der Waals surface area contributed by atoms with Crippen molar-refractivity contribution in [1.29, 1.82) is 0 Å². The van der Waals surface area contributed by atoms with Crippen LogP contribution in [0.1, 0.15) is 56.7 Å². The highest BCUT2D eigenvalue weighted by atomic mass is 32.1. The van der Waals surface area contributed by atoms with Crippen molar-refractivity contribution in [3.05, 3.63) is 16.1 Å². The van der Waals surface area contributed by atoms with Gasteiger partial charge in [0.25, 0.3) is 0 Å². The Bertz CT molecular complexity index is 421. The van der Waals surface area contributed by atoms with Gasteiger partial charge < -0.3 is 5.32 Å². The van der Waals surface area contributed by atoms with Crippen LogP contribution in [0.25, 0.3) is 0 Å². The molecular weight excluding hydrogens is 278 g/mol. The van der Waals surface area contributed by atoms with Gasteiger partial charge in [-0.1, -0.05) is 33.1 Å². The Morgan fingerprint density at radius 1 is 1.33 bits per heavy atom. The van der Waals surface area contributed by atoms with Gasteiger partial charge in [0.15, 0.2) is 0 Å². The molecule has 0 atom stereocenters. The Kier molecular flexibility index (Phi) is 6.20. The van der Waals surface area contributed by atoms with E-state index in [1.165, 1.54) is 49.4 Å². The zero-order valence-corrected chi connectivity index (χ0v) is 14.9. The molecule has 1 aromatic rings. The largest absolute Gasteiger partial charge is 0.314 e. The third-order valence-electron chi connectivity index (χ3n) is 4.50. The van der Waals surface area contributed by atoms with Crippen LogP contribution in [-0.2, 0) is 6.54 Å². The molecule has 0 saturated heterocycles. The van der Waals surface area contributed by atoms with Gasteiger partial charge in [0.1, 0.15) is 0 Å². The lowest BCUT2D eigenvalue weighted by atomic mass is 9.73. The molecule has 1 saturated carbocycles. The second kappa shape index (κ2) is 7.70. The first-order chi connectivity index (χ1) is 9.99. The molecule has 4 heteroatoms. The van der Waals surface area contributed by atoms with Crippen LogP contribution in [0.2, 0.25) is 0 Å². The van der Waals surface area contributed by atoms with Crippen molar-refractivity contribution in [3.63, 3.8) is 0 Å². The smallest absolute Gasteiger partial charge is 0.0897 e. The van der Waals surface area contributed by atoms with Crippen molar-refractivity contribution in [2.75, 3.05) is 20.1 Å². The first-order valence-electron chi connectivity index (χ1n) is 8.32. The number of rotatable bonds is 7. The summed E-state index contributed by atoms with van der Waals surface area (Å²) in [5, 5.41) is 7.06. The van der Waals surface area contributed by atoms with Gasteiger partial charge in [0, 0.05) is 31.1 Å². The summed E-state index contributed by atoms with van der Waals surface area (Å²) in [6.45, 7) is 9.90. The molecule has 0 amide bonds. The van der Waals surface area contributed by atoms with E-state index in [0.29, 0.717) is 11.5 Å². The molecular formula is C17H31N3S. The maximum atomic E-state index is 4.60. The molecule has 21 heavy (non-hydrogen) atoms. The molecule has 2 rings (SSSR count). The first-order valence-corrected chi connectivity index (χ1v) is 9.20. The monoisotopic (exact) mass is 309 g/mol. The summed E-state index contributed by atoms with van der Waals surface area (Å²) in [7, 11) is 2.25. The van der Waals surface area contributed by atoms with Crippen LogP contribution < -0.4 is 5.32 Å². The normalized spacial score (nSPS) is 18.6. The van der Waals surface area contributed by atoms with Crippen LogP contribution in [0, 0.1) is 12.3 Å². The highest BCUT2D eigenvalue weighted by molar-refractivity contribution is 7.09. The Morgan fingerprint density at radius 2 is 2.05 bits per heavy atom. The van der Waals surface area contributed by atoms with E-state index in [4.69, 9.17) is 0 Å². The van der Waals surface area contributed by atoms with E-state index >= 15 is 0 Å². The lowest BCUT2D eigenvalue weighted by molar-refractivity contribution is 0.111. The molecule has 0 spiro atoms. The Hall–Kier alpha value is -0.450. The fourth-order valence-electron chi connectivity index (χ4n) is 3.50. The SMILES string of the molecule is Cc1nc(CN(C)CC2(CNC(C)C)CCCCC2)cs1. The Morgan fingerprint density at radius 3 is 2.62 bits per heavy atom. The summed E-state index contributed by atoms with van der Waals surface area (Å²) in [5.74, 6) is 0.